The van der Waals surface area contributed by atoms with Crippen LogP contribution in [0.4, 0.5) is 0 Å². The zero-order valence-electron chi connectivity index (χ0n) is 7.83. The van der Waals surface area contributed by atoms with Gasteiger partial charge in [0.05, 0.1) is 17.8 Å². The third kappa shape index (κ3) is 2.33. The van der Waals surface area contributed by atoms with E-state index in [4.69, 9.17) is 16.3 Å². The molecule has 0 fully saturated rings. The molecule has 1 aromatic carbocycles. The second-order valence-corrected chi connectivity index (χ2v) is 4.91. The van der Waals surface area contributed by atoms with E-state index in [9.17, 15) is 0 Å². The number of benzene rings is 1. The second kappa shape index (κ2) is 4.51. The molecule has 78 valence electrons. The molecule has 0 amide bonds. The molecular weight excluding hydrogens is 298 g/mol. The summed E-state index contributed by atoms with van der Waals surface area (Å²) in [5.41, 5.74) is 1.87. The normalized spacial score (nSPS) is 10.3. The van der Waals surface area contributed by atoms with Crippen molar-refractivity contribution in [2.75, 3.05) is 7.11 Å². The molecule has 0 spiro atoms. The molecule has 15 heavy (non-hydrogen) atoms. The Bertz CT molecular complexity index is 486. The Labute approximate surface area is 105 Å². The van der Waals surface area contributed by atoms with Crippen molar-refractivity contribution < 1.29 is 4.74 Å². The Kier molecular flexibility index (Phi) is 3.29. The number of thiazole rings is 1. The van der Waals surface area contributed by atoms with Gasteiger partial charge >= 0.3 is 0 Å². The number of methoxy groups -OCH3 is 1. The Morgan fingerprint density at radius 1 is 1.47 bits per heavy atom. The summed E-state index contributed by atoms with van der Waals surface area (Å²) in [7, 11) is 1.61. The van der Waals surface area contributed by atoms with Gasteiger partial charge in [-0.2, -0.15) is 0 Å². The van der Waals surface area contributed by atoms with Crippen molar-refractivity contribution in [2.24, 2.45) is 0 Å². The standard InChI is InChI=1S/C10H7BrClNOS/c1-14-10-13-9(5-15-10)6-2-3-7(11)8(12)4-6/h2-5H,1H3. The highest BCUT2D eigenvalue weighted by atomic mass is 79.9. The van der Waals surface area contributed by atoms with E-state index in [1.165, 1.54) is 11.3 Å². The molecule has 0 saturated carbocycles. The lowest BCUT2D eigenvalue weighted by Crippen LogP contribution is -1.82. The van der Waals surface area contributed by atoms with Crippen LogP contribution in [0.5, 0.6) is 5.19 Å². The van der Waals surface area contributed by atoms with E-state index in [0.29, 0.717) is 10.2 Å². The van der Waals surface area contributed by atoms with Crippen molar-refractivity contribution in [1.82, 2.24) is 4.98 Å². The van der Waals surface area contributed by atoms with Crippen LogP contribution >= 0.6 is 38.9 Å². The van der Waals surface area contributed by atoms with Gasteiger partial charge in [0, 0.05) is 15.4 Å². The number of rotatable bonds is 2. The van der Waals surface area contributed by atoms with E-state index in [-0.39, 0.29) is 0 Å². The van der Waals surface area contributed by atoms with Gasteiger partial charge in [0.1, 0.15) is 0 Å². The van der Waals surface area contributed by atoms with E-state index < -0.39 is 0 Å². The monoisotopic (exact) mass is 303 g/mol. The van der Waals surface area contributed by atoms with Crippen molar-refractivity contribution in [3.05, 3.63) is 33.1 Å². The van der Waals surface area contributed by atoms with Crippen molar-refractivity contribution >= 4 is 38.9 Å². The molecule has 1 aromatic heterocycles. The molecule has 5 heteroatoms. The molecule has 0 aliphatic heterocycles. The zero-order valence-corrected chi connectivity index (χ0v) is 11.0. The van der Waals surface area contributed by atoms with E-state index in [1.807, 2.05) is 23.6 Å². The van der Waals surface area contributed by atoms with Crippen LogP contribution in [0, 0.1) is 0 Å². The molecule has 0 atom stereocenters. The number of hydrogen-bond acceptors (Lipinski definition) is 3. The lowest BCUT2D eigenvalue weighted by Gasteiger charge is -1.99. The number of halogens is 2. The van der Waals surface area contributed by atoms with Crippen LogP contribution in [0.1, 0.15) is 0 Å². The first-order chi connectivity index (χ1) is 7.20. The highest BCUT2D eigenvalue weighted by Crippen LogP contribution is 2.31. The first-order valence-corrected chi connectivity index (χ1v) is 6.20. The van der Waals surface area contributed by atoms with Crippen LogP contribution in [-0.4, -0.2) is 12.1 Å². The first-order valence-electron chi connectivity index (χ1n) is 4.15. The molecule has 0 aliphatic carbocycles. The summed E-state index contributed by atoms with van der Waals surface area (Å²) in [6.45, 7) is 0. The van der Waals surface area contributed by atoms with Gasteiger partial charge in [-0.1, -0.05) is 29.0 Å². The minimum Gasteiger partial charge on any atom is -0.473 e. The van der Waals surface area contributed by atoms with Crippen LogP contribution in [0.25, 0.3) is 11.3 Å². The maximum Gasteiger partial charge on any atom is 0.273 e. The Balaban J connectivity index is 2.40. The third-order valence-electron chi connectivity index (χ3n) is 1.87. The predicted octanol–water partition coefficient (Wildman–Crippen LogP) is 4.23. The topological polar surface area (TPSA) is 22.1 Å². The number of ether oxygens (including phenoxy) is 1. The van der Waals surface area contributed by atoms with Gasteiger partial charge in [0.15, 0.2) is 0 Å². The maximum atomic E-state index is 6.00. The minimum absolute atomic E-state index is 0.657. The minimum atomic E-state index is 0.657. The highest BCUT2D eigenvalue weighted by Gasteiger charge is 2.06. The van der Waals surface area contributed by atoms with E-state index in [0.717, 1.165) is 15.7 Å². The van der Waals surface area contributed by atoms with Crippen molar-refractivity contribution in [2.45, 2.75) is 0 Å². The Morgan fingerprint density at radius 2 is 2.27 bits per heavy atom. The molecule has 0 radical (unpaired) electrons. The van der Waals surface area contributed by atoms with Crippen molar-refractivity contribution in [3.8, 4) is 16.5 Å². The van der Waals surface area contributed by atoms with Crippen LogP contribution in [0.2, 0.25) is 5.02 Å². The molecule has 0 saturated heterocycles. The molecule has 0 N–H and O–H groups in total. The van der Waals surface area contributed by atoms with Crippen molar-refractivity contribution in [1.29, 1.82) is 0 Å². The molecule has 2 aromatic rings. The fourth-order valence-corrected chi connectivity index (χ4v) is 2.21. The molecule has 0 aliphatic rings. The number of aromatic nitrogens is 1. The zero-order chi connectivity index (χ0) is 10.8. The SMILES string of the molecule is COc1nc(-c2ccc(Br)c(Cl)c2)cs1. The van der Waals surface area contributed by atoms with Gasteiger partial charge in [-0.3, -0.25) is 0 Å². The van der Waals surface area contributed by atoms with Crippen LogP contribution < -0.4 is 4.74 Å². The van der Waals surface area contributed by atoms with Crippen LogP contribution in [0.3, 0.4) is 0 Å². The summed E-state index contributed by atoms with van der Waals surface area (Å²) in [5.74, 6) is 0. The average Bonchev–Trinajstić information content (AvgIpc) is 2.70. The average molecular weight is 305 g/mol. The molecule has 0 bridgehead atoms. The lowest BCUT2D eigenvalue weighted by molar-refractivity contribution is 0.412. The van der Waals surface area contributed by atoms with Gasteiger partial charge in [0.25, 0.3) is 5.19 Å². The van der Waals surface area contributed by atoms with Gasteiger partial charge in [0.2, 0.25) is 0 Å². The first kappa shape index (κ1) is 10.9. The summed E-state index contributed by atoms with van der Waals surface area (Å²) in [5, 5.41) is 3.28. The smallest absolute Gasteiger partial charge is 0.273 e. The second-order valence-electron chi connectivity index (χ2n) is 2.83. The molecule has 1 heterocycles. The number of nitrogens with zero attached hydrogens (tertiary/aromatic N) is 1. The van der Waals surface area contributed by atoms with Crippen LogP contribution in [-0.2, 0) is 0 Å². The Hall–Kier alpha value is -0.580. The van der Waals surface area contributed by atoms with Gasteiger partial charge in [-0.25, -0.2) is 4.98 Å². The molecule has 0 unspecified atom stereocenters. The molecule has 2 rings (SSSR count). The lowest BCUT2D eigenvalue weighted by atomic mass is 10.2. The Morgan fingerprint density at radius 3 is 2.87 bits per heavy atom. The van der Waals surface area contributed by atoms with E-state index in [1.54, 1.807) is 7.11 Å². The van der Waals surface area contributed by atoms with Gasteiger partial charge in [-0.05, 0) is 28.1 Å². The summed E-state index contributed by atoms with van der Waals surface area (Å²) >= 11 is 10.8. The predicted molar refractivity (Wildman–Crippen MR) is 66.8 cm³/mol. The summed E-state index contributed by atoms with van der Waals surface area (Å²) < 4.78 is 5.92. The summed E-state index contributed by atoms with van der Waals surface area (Å²) in [6.07, 6.45) is 0. The van der Waals surface area contributed by atoms with Gasteiger partial charge in [-0.15, -0.1) is 0 Å². The maximum absolute atomic E-state index is 6.00. The van der Waals surface area contributed by atoms with E-state index >= 15 is 0 Å². The largest absolute Gasteiger partial charge is 0.473 e. The number of hydrogen-bond donors (Lipinski definition) is 0. The molecular formula is C10H7BrClNOS. The molecule has 2 nitrogen and oxygen atoms in total. The fourth-order valence-electron chi connectivity index (χ4n) is 1.14. The van der Waals surface area contributed by atoms with Crippen LogP contribution in [0.15, 0.2) is 28.1 Å². The highest BCUT2D eigenvalue weighted by molar-refractivity contribution is 9.10. The summed E-state index contributed by atoms with van der Waals surface area (Å²) in [4.78, 5) is 4.29. The van der Waals surface area contributed by atoms with E-state index in [2.05, 4.69) is 20.9 Å². The fraction of sp³-hybridized carbons (Fsp3) is 0.100. The third-order valence-corrected chi connectivity index (χ3v) is 3.91. The quantitative estimate of drug-likeness (QED) is 0.828. The van der Waals surface area contributed by atoms with Gasteiger partial charge < -0.3 is 4.74 Å². The van der Waals surface area contributed by atoms with Crippen molar-refractivity contribution in [3.63, 3.8) is 0 Å². The summed E-state index contributed by atoms with van der Waals surface area (Å²) in [6, 6.07) is 5.74.